The molecule has 122 valence electrons. The van der Waals surface area contributed by atoms with Gasteiger partial charge in [-0.05, 0) is 30.4 Å². The maximum absolute atomic E-state index is 12.2. The van der Waals surface area contributed by atoms with Gasteiger partial charge in [0.15, 0.2) is 0 Å². The van der Waals surface area contributed by atoms with Crippen LogP contribution in [0.1, 0.15) is 23.3 Å². The Morgan fingerprint density at radius 1 is 1.17 bits per heavy atom. The quantitative estimate of drug-likeness (QED) is 0.794. The number of carbonyl (C=O) groups excluding carboxylic acids is 1. The highest BCUT2D eigenvalue weighted by molar-refractivity contribution is 7.17. The van der Waals surface area contributed by atoms with Gasteiger partial charge in [0.05, 0.1) is 6.20 Å². The highest BCUT2D eigenvalue weighted by atomic mass is 32.1. The number of piperidine rings is 1. The van der Waals surface area contributed by atoms with E-state index in [0.717, 1.165) is 31.7 Å². The number of nitrogens with one attached hydrogen (secondary N) is 1. The van der Waals surface area contributed by atoms with Gasteiger partial charge in [0.25, 0.3) is 5.91 Å². The Labute approximate surface area is 143 Å². The average molecular weight is 339 g/mol. The molecule has 4 heterocycles. The highest BCUT2D eigenvalue weighted by Crippen LogP contribution is 2.30. The van der Waals surface area contributed by atoms with Crippen LogP contribution >= 0.6 is 11.3 Å². The molecule has 0 aromatic carbocycles. The molecule has 7 heteroatoms. The molecule has 3 aromatic heterocycles. The molecule has 0 bridgehead atoms. The van der Waals surface area contributed by atoms with Gasteiger partial charge in [-0.1, -0.05) is 0 Å². The SMILES string of the molecule is O=C(NC1CCN(c2nccc3sccc23)CC1)c1cnccn1. The lowest BCUT2D eigenvalue weighted by Crippen LogP contribution is -2.45. The maximum atomic E-state index is 12.2. The molecular weight excluding hydrogens is 322 g/mol. The standard InChI is InChI=1S/C17H17N5OS/c23-17(14-11-18-6-7-19-14)21-12-2-8-22(9-3-12)16-13-4-10-24-15(13)1-5-20-16/h1,4-7,10-12H,2-3,8-9H2,(H,21,23). The number of nitrogens with zero attached hydrogens (tertiary/aromatic N) is 4. The third-order valence-corrected chi connectivity index (χ3v) is 5.17. The number of thiophene rings is 1. The minimum absolute atomic E-state index is 0.153. The highest BCUT2D eigenvalue weighted by Gasteiger charge is 2.23. The van der Waals surface area contributed by atoms with Crippen LogP contribution in [0.25, 0.3) is 10.1 Å². The van der Waals surface area contributed by atoms with Gasteiger partial charge in [-0.2, -0.15) is 0 Å². The van der Waals surface area contributed by atoms with Crippen molar-refractivity contribution in [2.75, 3.05) is 18.0 Å². The minimum Gasteiger partial charge on any atom is -0.356 e. The zero-order valence-corrected chi connectivity index (χ0v) is 13.9. The molecule has 1 aliphatic heterocycles. The molecule has 1 N–H and O–H groups in total. The number of rotatable bonds is 3. The van der Waals surface area contributed by atoms with Crippen molar-refractivity contribution in [1.82, 2.24) is 20.3 Å². The van der Waals surface area contributed by atoms with E-state index >= 15 is 0 Å². The second kappa shape index (κ2) is 6.52. The van der Waals surface area contributed by atoms with Gasteiger partial charge in [-0.3, -0.25) is 9.78 Å². The van der Waals surface area contributed by atoms with Crippen LogP contribution < -0.4 is 10.2 Å². The summed E-state index contributed by atoms with van der Waals surface area (Å²) in [7, 11) is 0. The van der Waals surface area contributed by atoms with Crippen LogP contribution in [0.15, 0.2) is 42.3 Å². The zero-order valence-electron chi connectivity index (χ0n) is 13.1. The second-order valence-electron chi connectivity index (χ2n) is 5.79. The predicted octanol–water partition coefficient (Wildman–Crippen LogP) is 2.49. The van der Waals surface area contributed by atoms with Crippen molar-refractivity contribution in [1.29, 1.82) is 0 Å². The summed E-state index contributed by atoms with van der Waals surface area (Å²) in [6, 6.07) is 4.35. The number of pyridine rings is 1. The Kier molecular flexibility index (Phi) is 4.08. The van der Waals surface area contributed by atoms with E-state index < -0.39 is 0 Å². The molecule has 1 fully saturated rings. The number of carbonyl (C=O) groups is 1. The number of amides is 1. The van der Waals surface area contributed by atoms with Gasteiger partial charge in [0.2, 0.25) is 0 Å². The first kappa shape index (κ1) is 15.0. The summed E-state index contributed by atoms with van der Waals surface area (Å²) in [4.78, 5) is 27.0. The molecular formula is C17H17N5OS. The van der Waals surface area contributed by atoms with Crippen molar-refractivity contribution in [3.05, 3.63) is 48.0 Å². The number of aromatic nitrogens is 3. The van der Waals surface area contributed by atoms with Crippen LogP contribution in [-0.4, -0.2) is 40.0 Å². The van der Waals surface area contributed by atoms with E-state index in [-0.39, 0.29) is 11.9 Å². The molecule has 6 nitrogen and oxygen atoms in total. The molecule has 0 atom stereocenters. The van der Waals surface area contributed by atoms with Gasteiger partial charge >= 0.3 is 0 Å². The third kappa shape index (κ3) is 2.94. The Morgan fingerprint density at radius 3 is 2.83 bits per heavy atom. The van der Waals surface area contributed by atoms with Crippen LogP contribution in [0.3, 0.4) is 0 Å². The minimum atomic E-state index is -0.153. The van der Waals surface area contributed by atoms with Crippen molar-refractivity contribution in [3.8, 4) is 0 Å². The summed E-state index contributed by atoms with van der Waals surface area (Å²) in [5.41, 5.74) is 0.365. The van der Waals surface area contributed by atoms with Crippen LogP contribution in [0, 0.1) is 0 Å². The van der Waals surface area contributed by atoms with Crippen molar-refractivity contribution in [2.45, 2.75) is 18.9 Å². The molecule has 1 aliphatic rings. The fourth-order valence-corrected chi connectivity index (χ4v) is 3.82. The fourth-order valence-electron chi connectivity index (χ4n) is 3.04. The molecule has 0 unspecified atom stereocenters. The van der Waals surface area contributed by atoms with Gasteiger partial charge in [0.1, 0.15) is 11.5 Å². The first-order valence-electron chi connectivity index (χ1n) is 7.95. The third-order valence-electron chi connectivity index (χ3n) is 4.28. The van der Waals surface area contributed by atoms with Crippen molar-refractivity contribution < 1.29 is 4.79 Å². The lowest BCUT2D eigenvalue weighted by molar-refractivity contribution is 0.0925. The molecule has 3 aromatic rings. The normalized spacial score (nSPS) is 15.6. The van der Waals surface area contributed by atoms with Gasteiger partial charge in [-0.25, -0.2) is 9.97 Å². The Bertz CT molecular complexity index is 842. The molecule has 0 aliphatic carbocycles. The molecule has 24 heavy (non-hydrogen) atoms. The average Bonchev–Trinajstić information content (AvgIpc) is 3.12. The van der Waals surface area contributed by atoms with Crippen LogP contribution in [0.2, 0.25) is 0 Å². The Morgan fingerprint density at radius 2 is 2.04 bits per heavy atom. The smallest absolute Gasteiger partial charge is 0.271 e. The summed E-state index contributed by atoms with van der Waals surface area (Å²) in [5, 5.41) is 6.37. The van der Waals surface area contributed by atoms with E-state index in [0.29, 0.717) is 5.69 Å². The van der Waals surface area contributed by atoms with Crippen LogP contribution in [-0.2, 0) is 0 Å². The van der Waals surface area contributed by atoms with Gasteiger partial charge in [-0.15, -0.1) is 11.3 Å². The topological polar surface area (TPSA) is 71.0 Å². The molecule has 0 saturated carbocycles. The molecule has 0 spiro atoms. The first-order valence-corrected chi connectivity index (χ1v) is 8.83. The number of hydrogen-bond donors (Lipinski definition) is 1. The van der Waals surface area contributed by atoms with E-state index in [1.54, 1.807) is 17.5 Å². The van der Waals surface area contributed by atoms with Gasteiger partial charge in [0, 0.05) is 47.8 Å². The zero-order chi connectivity index (χ0) is 16.4. The lowest BCUT2D eigenvalue weighted by Gasteiger charge is -2.33. The van der Waals surface area contributed by atoms with Crippen molar-refractivity contribution in [2.24, 2.45) is 0 Å². The van der Waals surface area contributed by atoms with Crippen molar-refractivity contribution >= 4 is 33.1 Å². The van der Waals surface area contributed by atoms with E-state index in [1.807, 2.05) is 6.20 Å². The van der Waals surface area contributed by atoms with E-state index in [2.05, 4.69) is 42.7 Å². The van der Waals surface area contributed by atoms with Crippen molar-refractivity contribution in [3.63, 3.8) is 0 Å². The first-order chi connectivity index (χ1) is 11.8. The summed E-state index contributed by atoms with van der Waals surface area (Å²) in [5.74, 6) is 0.895. The monoisotopic (exact) mass is 339 g/mol. The Balaban J connectivity index is 1.40. The summed E-state index contributed by atoms with van der Waals surface area (Å²) < 4.78 is 1.26. The largest absolute Gasteiger partial charge is 0.356 e. The van der Waals surface area contributed by atoms with E-state index in [4.69, 9.17) is 0 Å². The predicted molar refractivity (Wildman–Crippen MR) is 94.4 cm³/mol. The number of anilines is 1. The summed E-state index contributed by atoms with van der Waals surface area (Å²) in [6.07, 6.45) is 8.25. The van der Waals surface area contributed by atoms with E-state index in [9.17, 15) is 4.79 Å². The lowest BCUT2D eigenvalue weighted by atomic mass is 10.0. The second-order valence-corrected chi connectivity index (χ2v) is 6.74. The summed E-state index contributed by atoms with van der Waals surface area (Å²) in [6.45, 7) is 1.76. The van der Waals surface area contributed by atoms with Crippen LogP contribution in [0.4, 0.5) is 5.82 Å². The Hall–Kier alpha value is -2.54. The molecule has 0 radical (unpaired) electrons. The van der Waals surface area contributed by atoms with Crippen LogP contribution in [0.5, 0.6) is 0 Å². The van der Waals surface area contributed by atoms with E-state index in [1.165, 1.54) is 22.5 Å². The summed E-state index contributed by atoms with van der Waals surface area (Å²) >= 11 is 1.74. The molecule has 4 rings (SSSR count). The maximum Gasteiger partial charge on any atom is 0.271 e. The molecule has 1 saturated heterocycles. The van der Waals surface area contributed by atoms with Gasteiger partial charge < -0.3 is 10.2 Å². The fraction of sp³-hybridized carbons (Fsp3) is 0.294. The number of fused-ring (bicyclic) bond motifs is 1. The molecule has 1 amide bonds. The number of hydrogen-bond acceptors (Lipinski definition) is 6.